The number of nitrogens with zero attached hydrogens (tertiary/aromatic N) is 1. The normalized spacial score (nSPS) is 16.4. The SMILES string of the molecule is COc1ccc(NC(=O)COC(=O)[C@H](C)N=C2NS(=O)(=O)c3ccccc32)cc1. The van der Waals surface area contributed by atoms with E-state index in [9.17, 15) is 18.0 Å². The van der Waals surface area contributed by atoms with Gasteiger partial charge in [0.05, 0.1) is 12.0 Å². The van der Waals surface area contributed by atoms with Gasteiger partial charge in [-0.25, -0.2) is 13.2 Å². The van der Waals surface area contributed by atoms with Crippen molar-refractivity contribution in [2.45, 2.75) is 17.9 Å². The van der Waals surface area contributed by atoms with Crippen LogP contribution in [0, 0.1) is 0 Å². The van der Waals surface area contributed by atoms with E-state index in [1.165, 1.54) is 20.1 Å². The molecule has 3 rings (SSSR count). The lowest BCUT2D eigenvalue weighted by molar-refractivity contribution is -0.148. The molecule has 152 valence electrons. The van der Waals surface area contributed by atoms with Gasteiger partial charge in [-0.05, 0) is 43.3 Å². The van der Waals surface area contributed by atoms with E-state index >= 15 is 0 Å². The molecule has 2 aromatic carbocycles. The van der Waals surface area contributed by atoms with Gasteiger partial charge in [-0.2, -0.15) is 0 Å². The van der Waals surface area contributed by atoms with Crippen LogP contribution in [0.4, 0.5) is 5.69 Å². The summed E-state index contributed by atoms with van der Waals surface area (Å²) in [6.45, 7) is 0.953. The first kappa shape index (κ1) is 20.3. The fraction of sp³-hybridized carbons (Fsp3) is 0.211. The Kier molecular flexibility index (Phi) is 5.83. The van der Waals surface area contributed by atoms with Crippen molar-refractivity contribution < 1.29 is 27.5 Å². The summed E-state index contributed by atoms with van der Waals surface area (Å²) in [6.07, 6.45) is 0. The van der Waals surface area contributed by atoms with Crippen molar-refractivity contribution in [1.29, 1.82) is 0 Å². The molecule has 9 nitrogen and oxygen atoms in total. The van der Waals surface area contributed by atoms with Crippen LogP contribution >= 0.6 is 0 Å². The van der Waals surface area contributed by atoms with Crippen molar-refractivity contribution in [2.24, 2.45) is 4.99 Å². The highest BCUT2D eigenvalue weighted by molar-refractivity contribution is 7.90. The van der Waals surface area contributed by atoms with E-state index in [0.717, 1.165) is 0 Å². The monoisotopic (exact) mass is 417 g/mol. The van der Waals surface area contributed by atoms with Gasteiger partial charge in [-0.1, -0.05) is 12.1 Å². The van der Waals surface area contributed by atoms with E-state index in [0.29, 0.717) is 17.0 Å². The summed E-state index contributed by atoms with van der Waals surface area (Å²) in [5.41, 5.74) is 0.904. The summed E-state index contributed by atoms with van der Waals surface area (Å²) < 4.78 is 36.5. The van der Waals surface area contributed by atoms with Gasteiger partial charge >= 0.3 is 5.97 Å². The Morgan fingerprint density at radius 3 is 2.52 bits per heavy atom. The zero-order valence-corrected chi connectivity index (χ0v) is 16.5. The molecule has 0 bridgehead atoms. The van der Waals surface area contributed by atoms with Crippen LogP contribution in [-0.2, 0) is 24.3 Å². The van der Waals surface area contributed by atoms with Gasteiger partial charge in [0.1, 0.15) is 17.6 Å². The highest BCUT2D eigenvalue weighted by Gasteiger charge is 2.31. The van der Waals surface area contributed by atoms with Gasteiger partial charge < -0.3 is 14.8 Å². The number of anilines is 1. The Morgan fingerprint density at radius 1 is 1.14 bits per heavy atom. The maximum Gasteiger partial charge on any atom is 0.331 e. The van der Waals surface area contributed by atoms with Crippen LogP contribution in [0.2, 0.25) is 0 Å². The molecule has 0 saturated heterocycles. The van der Waals surface area contributed by atoms with Crippen molar-refractivity contribution in [1.82, 2.24) is 4.72 Å². The molecule has 1 aliphatic rings. The molecule has 1 amide bonds. The maximum absolute atomic E-state index is 12.1. The van der Waals surface area contributed by atoms with Crippen molar-refractivity contribution in [2.75, 3.05) is 19.0 Å². The zero-order valence-electron chi connectivity index (χ0n) is 15.7. The van der Waals surface area contributed by atoms with Gasteiger partial charge in [0.2, 0.25) is 0 Å². The number of esters is 1. The lowest BCUT2D eigenvalue weighted by Crippen LogP contribution is -2.28. The third-order valence-corrected chi connectivity index (χ3v) is 5.44. The number of amidine groups is 1. The number of carbonyl (C=O) groups excluding carboxylic acids is 2. The van der Waals surface area contributed by atoms with Crippen molar-refractivity contribution in [3.8, 4) is 5.75 Å². The second-order valence-corrected chi connectivity index (χ2v) is 7.79. The molecular formula is C19H19N3O6S. The van der Waals surface area contributed by atoms with Crippen molar-refractivity contribution in [3.63, 3.8) is 0 Å². The molecule has 0 aromatic heterocycles. The molecule has 0 saturated carbocycles. The third-order valence-electron chi connectivity index (χ3n) is 4.05. The smallest absolute Gasteiger partial charge is 0.331 e. The highest BCUT2D eigenvalue weighted by Crippen LogP contribution is 2.22. The Bertz CT molecular complexity index is 1060. The number of ether oxygens (including phenoxy) is 2. The molecule has 29 heavy (non-hydrogen) atoms. The van der Waals surface area contributed by atoms with Crippen LogP contribution in [0.5, 0.6) is 5.75 Å². The van der Waals surface area contributed by atoms with Crippen LogP contribution in [0.25, 0.3) is 0 Å². The van der Waals surface area contributed by atoms with E-state index in [-0.39, 0.29) is 10.7 Å². The summed E-state index contributed by atoms with van der Waals surface area (Å²) in [5.74, 6) is -0.569. The van der Waals surface area contributed by atoms with E-state index in [4.69, 9.17) is 9.47 Å². The lowest BCUT2D eigenvalue weighted by Gasteiger charge is -2.10. The Labute approximate surface area is 167 Å². The highest BCUT2D eigenvalue weighted by atomic mass is 32.2. The average molecular weight is 417 g/mol. The fourth-order valence-corrected chi connectivity index (χ4v) is 3.84. The number of sulfonamides is 1. The minimum atomic E-state index is -3.70. The number of hydrogen-bond donors (Lipinski definition) is 2. The van der Waals surface area contributed by atoms with E-state index < -0.39 is 34.5 Å². The number of amides is 1. The lowest BCUT2D eigenvalue weighted by atomic mass is 10.2. The van der Waals surface area contributed by atoms with Crippen LogP contribution < -0.4 is 14.8 Å². The van der Waals surface area contributed by atoms with Crippen molar-refractivity contribution in [3.05, 3.63) is 54.1 Å². The van der Waals surface area contributed by atoms with E-state index in [1.807, 2.05) is 0 Å². The van der Waals surface area contributed by atoms with E-state index in [1.54, 1.807) is 42.5 Å². The quantitative estimate of drug-likeness (QED) is 0.683. The predicted molar refractivity (Wildman–Crippen MR) is 105 cm³/mol. The predicted octanol–water partition coefficient (Wildman–Crippen LogP) is 1.30. The molecule has 10 heteroatoms. The first-order chi connectivity index (χ1) is 13.8. The number of rotatable bonds is 6. The first-order valence-electron chi connectivity index (χ1n) is 8.61. The molecule has 0 radical (unpaired) electrons. The minimum absolute atomic E-state index is 0.0627. The molecule has 1 heterocycles. The summed E-state index contributed by atoms with van der Waals surface area (Å²) in [5, 5.41) is 2.59. The number of carbonyl (C=O) groups is 2. The number of hydrogen-bond acceptors (Lipinski definition) is 7. The van der Waals surface area contributed by atoms with Crippen LogP contribution in [-0.4, -0.2) is 45.9 Å². The molecule has 1 atom stereocenters. The topological polar surface area (TPSA) is 123 Å². The molecule has 2 aromatic rings. The Balaban J connectivity index is 1.58. The molecule has 0 spiro atoms. The first-order valence-corrected chi connectivity index (χ1v) is 10.1. The molecule has 2 N–H and O–H groups in total. The van der Waals surface area contributed by atoms with Gasteiger partial charge in [-0.3, -0.25) is 14.5 Å². The summed E-state index contributed by atoms with van der Waals surface area (Å²) in [7, 11) is -2.16. The maximum atomic E-state index is 12.1. The van der Waals surface area contributed by atoms with Gasteiger partial charge in [0, 0.05) is 11.3 Å². The van der Waals surface area contributed by atoms with Gasteiger partial charge in [0.15, 0.2) is 6.61 Å². The average Bonchev–Trinajstić information content (AvgIpc) is 2.97. The van der Waals surface area contributed by atoms with Crippen molar-refractivity contribution >= 4 is 33.4 Å². The molecule has 0 unspecified atom stereocenters. The minimum Gasteiger partial charge on any atom is -0.497 e. The molecule has 0 fully saturated rings. The summed E-state index contributed by atoms with van der Waals surface area (Å²) in [6, 6.07) is 12.0. The van der Waals surface area contributed by atoms with Crippen LogP contribution in [0.3, 0.4) is 0 Å². The number of nitrogens with one attached hydrogen (secondary N) is 2. The standard InChI is InChI=1S/C19H19N3O6S/c1-12(20-18-15-5-3-4-6-16(15)29(25,26)22-18)19(24)28-11-17(23)21-13-7-9-14(27-2)10-8-13/h3-10,12H,11H2,1-2H3,(H,20,22)(H,21,23)/t12-/m0/s1. The van der Waals surface area contributed by atoms with Crippen LogP contribution in [0.15, 0.2) is 58.4 Å². The zero-order chi connectivity index (χ0) is 21.0. The number of fused-ring (bicyclic) bond motifs is 1. The Hall–Kier alpha value is -3.40. The molecule has 1 aliphatic heterocycles. The largest absolute Gasteiger partial charge is 0.497 e. The number of aliphatic imine (C=N–C) groups is 1. The summed E-state index contributed by atoms with van der Waals surface area (Å²) in [4.78, 5) is 28.3. The third kappa shape index (κ3) is 4.72. The second kappa shape index (κ2) is 8.31. The molecule has 0 aliphatic carbocycles. The number of benzene rings is 2. The van der Waals surface area contributed by atoms with Gasteiger partial charge in [-0.15, -0.1) is 0 Å². The molecular weight excluding hydrogens is 398 g/mol. The van der Waals surface area contributed by atoms with Gasteiger partial charge in [0.25, 0.3) is 15.9 Å². The number of methoxy groups -OCH3 is 1. The summed E-state index contributed by atoms with van der Waals surface area (Å²) >= 11 is 0. The fourth-order valence-electron chi connectivity index (χ4n) is 2.60. The second-order valence-electron chi connectivity index (χ2n) is 6.14. The van der Waals surface area contributed by atoms with Crippen LogP contribution in [0.1, 0.15) is 12.5 Å². The van der Waals surface area contributed by atoms with E-state index in [2.05, 4.69) is 15.0 Å². The Morgan fingerprint density at radius 2 is 1.83 bits per heavy atom.